The molecule has 0 heterocycles. The van der Waals surface area contributed by atoms with Gasteiger partial charge in [0.15, 0.2) is 0 Å². The van der Waals surface area contributed by atoms with Gasteiger partial charge in [-0.1, -0.05) is 0 Å². The molecule has 2 N–H and O–H groups in total. The van der Waals surface area contributed by atoms with Crippen LogP contribution in [0.15, 0.2) is 17.0 Å². The van der Waals surface area contributed by atoms with Crippen molar-refractivity contribution >= 4 is 15.7 Å². The minimum atomic E-state index is -4.05. The molecule has 0 aliphatic rings. The van der Waals surface area contributed by atoms with Crippen molar-refractivity contribution in [1.29, 1.82) is 0 Å². The summed E-state index contributed by atoms with van der Waals surface area (Å²) in [7, 11) is -2.79. The summed E-state index contributed by atoms with van der Waals surface area (Å²) in [5.41, 5.74) is -0.0147. The molecule has 0 fully saturated rings. The lowest BCUT2D eigenvalue weighted by Crippen LogP contribution is -2.14. The van der Waals surface area contributed by atoms with E-state index in [0.29, 0.717) is 5.56 Å². The first-order chi connectivity index (χ1) is 7.27. The summed E-state index contributed by atoms with van der Waals surface area (Å²) in [5.74, 6) is -0.00870. The summed E-state index contributed by atoms with van der Waals surface area (Å²) in [4.78, 5) is 9.56. The van der Waals surface area contributed by atoms with E-state index in [1.165, 1.54) is 20.1 Å². The number of rotatable bonds is 3. The molecule has 88 valence electrons. The average Bonchev–Trinajstić information content (AvgIpc) is 2.14. The summed E-state index contributed by atoms with van der Waals surface area (Å²) in [6.07, 6.45) is 0. The Labute approximate surface area is 92.0 Å². The molecule has 7 nitrogen and oxygen atoms in total. The highest BCUT2D eigenvalue weighted by molar-refractivity contribution is 7.89. The Hall–Kier alpha value is -1.67. The molecule has 0 saturated carbocycles. The van der Waals surface area contributed by atoms with E-state index in [1.54, 1.807) is 0 Å². The maximum atomic E-state index is 11.2. The fraction of sp³-hybridized carbons (Fsp3) is 0.250. The molecule has 1 aromatic carbocycles. The van der Waals surface area contributed by atoms with E-state index < -0.39 is 19.8 Å². The molecule has 0 aliphatic carbocycles. The molecular formula is C8H10N2O5S. The smallest absolute Gasteiger partial charge is 0.273 e. The third-order valence-corrected chi connectivity index (χ3v) is 2.92. The molecular weight excluding hydrogens is 236 g/mol. The average molecular weight is 246 g/mol. The maximum Gasteiger partial charge on any atom is 0.273 e. The lowest BCUT2D eigenvalue weighted by Gasteiger charge is -2.07. The molecule has 0 amide bonds. The second-order valence-electron chi connectivity index (χ2n) is 3.09. The predicted molar refractivity (Wildman–Crippen MR) is 55.8 cm³/mol. The number of nitro groups is 1. The van der Waals surface area contributed by atoms with E-state index in [4.69, 9.17) is 9.88 Å². The number of nitro benzene ring substituents is 1. The van der Waals surface area contributed by atoms with Crippen LogP contribution in [0.4, 0.5) is 5.69 Å². The molecule has 16 heavy (non-hydrogen) atoms. The molecule has 1 aromatic rings. The zero-order valence-electron chi connectivity index (χ0n) is 8.63. The van der Waals surface area contributed by atoms with Crippen molar-refractivity contribution in [1.82, 2.24) is 0 Å². The number of nitrogens with zero attached hydrogens (tertiary/aromatic N) is 1. The Morgan fingerprint density at radius 2 is 2.00 bits per heavy atom. The number of aryl methyl sites for hydroxylation is 1. The van der Waals surface area contributed by atoms with Crippen LogP contribution in [0, 0.1) is 17.0 Å². The van der Waals surface area contributed by atoms with E-state index in [1.807, 2.05) is 0 Å². The van der Waals surface area contributed by atoms with Crippen molar-refractivity contribution in [3.05, 3.63) is 27.8 Å². The first-order valence-electron chi connectivity index (χ1n) is 4.13. The largest absolute Gasteiger partial charge is 0.495 e. The van der Waals surface area contributed by atoms with Gasteiger partial charge in [0.25, 0.3) is 5.69 Å². The van der Waals surface area contributed by atoms with Crippen LogP contribution in [-0.2, 0) is 10.0 Å². The summed E-state index contributed by atoms with van der Waals surface area (Å²) < 4.78 is 27.2. The normalized spacial score (nSPS) is 11.2. The first kappa shape index (κ1) is 12.4. The third kappa shape index (κ3) is 2.28. The second kappa shape index (κ2) is 4.06. The number of nitrogens with two attached hydrogens (primary N) is 1. The Kier molecular flexibility index (Phi) is 3.15. The fourth-order valence-corrected chi connectivity index (χ4v) is 1.93. The molecule has 0 saturated heterocycles. The SMILES string of the molecule is COc1cc(C)c([N+](=O)[O-])cc1S(N)(=O)=O. The van der Waals surface area contributed by atoms with Crippen LogP contribution in [0.1, 0.15) is 5.56 Å². The summed E-state index contributed by atoms with van der Waals surface area (Å²) in [5, 5.41) is 15.6. The monoisotopic (exact) mass is 246 g/mol. The van der Waals surface area contributed by atoms with Crippen LogP contribution < -0.4 is 9.88 Å². The van der Waals surface area contributed by atoms with Gasteiger partial charge in [0, 0.05) is 11.6 Å². The van der Waals surface area contributed by atoms with E-state index in [0.717, 1.165) is 6.07 Å². The molecule has 0 radical (unpaired) electrons. The molecule has 0 aliphatic heterocycles. The molecule has 0 aromatic heterocycles. The highest BCUT2D eigenvalue weighted by Crippen LogP contribution is 2.30. The second-order valence-corrected chi connectivity index (χ2v) is 4.62. The fourth-order valence-electron chi connectivity index (χ4n) is 1.23. The predicted octanol–water partition coefficient (Wildman–Crippen LogP) is 0.559. The molecule has 0 unspecified atom stereocenters. The minimum Gasteiger partial charge on any atom is -0.495 e. The lowest BCUT2D eigenvalue weighted by molar-refractivity contribution is -0.385. The molecule has 1 rings (SSSR count). The van der Waals surface area contributed by atoms with Gasteiger partial charge in [-0.15, -0.1) is 0 Å². The van der Waals surface area contributed by atoms with Crippen LogP contribution in [0.5, 0.6) is 5.75 Å². The molecule has 0 spiro atoms. The number of benzene rings is 1. The molecule has 0 bridgehead atoms. The first-order valence-corrected chi connectivity index (χ1v) is 5.68. The van der Waals surface area contributed by atoms with Gasteiger partial charge in [-0.25, -0.2) is 13.6 Å². The van der Waals surface area contributed by atoms with E-state index in [2.05, 4.69) is 0 Å². The van der Waals surface area contributed by atoms with Gasteiger partial charge in [-0.3, -0.25) is 10.1 Å². The van der Waals surface area contributed by atoms with Crippen LogP contribution in [-0.4, -0.2) is 20.5 Å². The molecule has 0 atom stereocenters. The minimum absolute atomic E-state index is 0.00870. The number of primary sulfonamides is 1. The Morgan fingerprint density at radius 1 is 1.44 bits per heavy atom. The number of ether oxygens (including phenoxy) is 1. The van der Waals surface area contributed by atoms with Crippen LogP contribution in [0.25, 0.3) is 0 Å². The number of methoxy groups -OCH3 is 1. The van der Waals surface area contributed by atoms with Gasteiger partial charge in [0.05, 0.1) is 12.0 Å². The number of hydrogen-bond acceptors (Lipinski definition) is 5. The zero-order chi connectivity index (χ0) is 12.5. The van der Waals surface area contributed by atoms with Crippen molar-refractivity contribution in [2.75, 3.05) is 7.11 Å². The van der Waals surface area contributed by atoms with Gasteiger partial charge >= 0.3 is 0 Å². The number of sulfonamides is 1. The Balaban J connectivity index is 3.60. The standard InChI is InChI=1S/C8H10N2O5S/c1-5-3-7(15-2)8(16(9,13)14)4-6(5)10(11)12/h3-4H,1-2H3,(H2,9,13,14). The molecule has 8 heteroatoms. The van der Waals surface area contributed by atoms with Crippen LogP contribution >= 0.6 is 0 Å². The van der Waals surface area contributed by atoms with E-state index in [-0.39, 0.29) is 11.4 Å². The van der Waals surface area contributed by atoms with Gasteiger partial charge in [0.2, 0.25) is 10.0 Å². The Morgan fingerprint density at radius 3 is 2.38 bits per heavy atom. The summed E-state index contributed by atoms with van der Waals surface area (Å²) in [6, 6.07) is 2.15. The summed E-state index contributed by atoms with van der Waals surface area (Å²) in [6.45, 7) is 1.48. The van der Waals surface area contributed by atoms with Gasteiger partial charge in [-0.2, -0.15) is 0 Å². The number of hydrogen-bond donors (Lipinski definition) is 1. The van der Waals surface area contributed by atoms with Crippen LogP contribution in [0.2, 0.25) is 0 Å². The van der Waals surface area contributed by atoms with E-state index >= 15 is 0 Å². The lowest BCUT2D eigenvalue weighted by atomic mass is 10.2. The van der Waals surface area contributed by atoms with Crippen molar-refractivity contribution in [3.8, 4) is 5.75 Å². The van der Waals surface area contributed by atoms with Crippen molar-refractivity contribution in [2.24, 2.45) is 5.14 Å². The van der Waals surface area contributed by atoms with Crippen molar-refractivity contribution in [3.63, 3.8) is 0 Å². The van der Waals surface area contributed by atoms with Gasteiger partial charge < -0.3 is 4.74 Å². The third-order valence-electron chi connectivity index (χ3n) is 1.99. The highest BCUT2D eigenvalue weighted by Gasteiger charge is 2.22. The summed E-state index contributed by atoms with van der Waals surface area (Å²) >= 11 is 0. The van der Waals surface area contributed by atoms with Crippen molar-refractivity contribution in [2.45, 2.75) is 11.8 Å². The quantitative estimate of drug-likeness (QED) is 0.618. The maximum absolute atomic E-state index is 11.2. The highest BCUT2D eigenvalue weighted by atomic mass is 32.2. The Bertz CT molecular complexity index is 538. The topological polar surface area (TPSA) is 113 Å². The van der Waals surface area contributed by atoms with Crippen molar-refractivity contribution < 1.29 is 18.1 Å². The van der Waals surface area contributed by atoms with E-state index in [9.17, 15) is 18.5 Å². The zero-order valence-corrected chi connectivity index (χ0v) is 9.45. The van der Waals surface area contributed by atoms with Gasteiger partial charge in [0.1, 0.15) is 10.6 Å². The van der Waals surface area contributed by atoms with Gasteiger partial charge in [-0.05, 0) is 13.0 Å². The van der Waals surface area contributed by atoms with Crippen LogP contribution in [0.3, 0.4) is 0 Å².